The van der Waals surface area contributed by atoms with Crippen LogP contribution in [0, 0.1) is 13.8 Å². The van der Waals surface area contributed by atoms with Crippen LogP contribution in [0.2, 0.25) is 0 Å². The molecule has 116 valence electrons. The van der Waals surface area contributed by atoms with E-state index in [1.54, 1.807) is 6.92 Å². The lowest BCUT2D eigenvalue weighted by Gasteiger charge is -2.18. The summed E-state index contributed by atoms with van der Waals surface area (Å²) in [6, 6.07) is 5.96. The second-order valence-corrected chi connectivity index (χ2v) is 5.61. The minimum absolute atomic E-state index is 0.200. The third kappa shape index (κ3) is 5.59. The van der Waals surface area contributed by atoms with Crippen molar-refractivity contribution in [1.82, 2.24) is 16.2 Å². The van der Waals surface area contributed by atoms with Crippen molar-refractivity contribution < 1.29 is 9.53 Å². The molecule has 1 amide bonds. The number of ether oxygens (including phenoxy) is 1. The van der Waals surface area contributed by atoms with Crippen molar-refractivity contribution in [2.45, 2.75) is 46.8 Å². The van der Waals surface area contributed by atoms with Crippen molar-refractivity contribution in [3.05, 3.63) is 29.3 Å². The van der Waals surface area contributed by atoms with Gasteiger partial charge < -0.3 is 10.1 Å². The number of hydrazine groups is 1. The van der Waals surface area contributed by atoms with Crippen molar-refractivity contribution in [2.24, 2.45) is 0 Å². The molecule has 0 aliphatic heterocycles. The highest BCUT2D eigenvalue weighted by Crippen LogP contribution is 2.21. The molecule has 0 saturated carbocycles. The largest absolute Gasteiger partial charge is 0.481 e. The molecule has 5 nitrogen and oxygen atoms in total. The third-order valence-corrected chi connectivity index (χ3v) is 3.17. The standard InChI is InChI=1S/C15H23N3O2S/c1-9(2)16-15(21)18-17-14(19)12(5)20-13-8-6-7-10(3)11(13)4/h6-9,12H,1-5H3,(H,17,19)(H2,16,18,21)/t12-/m0/s1. The van der Waals surface area contributed by atoms with Gasteiger partial charge in [-0.1, -0.05) is 12.1 Å². The van der Waals surface area contributed by atoms with Gasteiger partial charge in [-0.2, -0.15) is 0 Å². The summed E-state index contributed by atoms with van der Waals surface area (Å²) in [6.45, 7) is 9.58. The number of carbonyl (C=O) groups excluding carboxylic acids is 1. The highest BCUT2D eigenvalue weighted by atomic mass is 32.1. The van der Waals surface area contributed by atoms with Gasteiger partial charge in [-0.3, -0.25) is 15.6 Å². The van der Waals surface area contributed by atoms with Crippen LogP contribution in [-0.4, -0.2) is 23.2 Å². The van der Waals surface area contributed by atoms with E-state index in [1.807, 2.05) is 45.9 Å². The molecular weight excluding hydrogens is 286 g/mol. The zero-order valence-electron chi connectivity index (χ0n) is 13.1. The van der Waals surface area contributed by atoms with Gasteiger partial charge in [0.05, 0.1) is 0 Å². The second kappa shape index (κ2) is 7.83. The SMILES string of the molecule is Cc1cccc(O[C@@H](C)C(=O)NNC(=S)NC(C)C)c1C. The predicted octanol–water partition coefficient (Wildman–Crippen LogP) is 1.97. The zero-order chi connectivity index (χ0) is 16.0. The lowest BCUT2D eigenvalue weighted by atomic mass is 10.1. The first kappa shape index (κ1) is 17.2. The van der Waals surface area contributed by atoms with E-state index in [0.29, 0.717) is 10.9 Å². The minimum Gasteiger partial charge on any atom is -0.481 e. The Morgan fingerprint density at radius 3 is 2.48 bits per heavy atom. The van der Waals surface area contributed by atoms with E-state index in [1.165, 1.54) is 0 Å². The summed E-state index contributed by atoms with van der Waals surface area (Å²) >= 11 is 5.03. The van der Waals surface area contributed by atoms with Crippen LogP contribution in [0.4, 0.5) is 0 Å². The number of hydrogen-bond donors (Lipinski definition) is 3. The Kier molecular flexibility index (Phi) is 6.42. The molecule has 0 bridgehead atoms. The average molecular weight is 309 g/mol. The maximum Gasteiger partial charge on any atom is 0.279 e. The highest BCUT2D eigenvalue weighted by molar-refractivity contribution is 7.80. The summed E-state index contributed by atoms with van der Waals surface area (Å²) in [5.41, 5.74) is 7.33. The van der Waals surface area contributed by atoms with Crippen molar-refractivity contribution in [2.75, 3.05) is 0 Å². The molecular formula is C15H23N3O2S. The first-order valence-electron chi connectivity index (χ1n) is 6.90. The van der Waals surface area contributed by atoms with Crippen molar-refractivity contribution in [3.8, 4) is 5.75 Å². The van der Waals surface area contributed by atoms with Crippen molar-refractivity contribution in [1.29, 1.82) is 0 Å². The van der Waals surface area contributed by atoms with Crippen LogP contribution in [0.25, 0.3) is 0 Å². The maximum absolute atomic E-state index is 11.9. The van der Waals surface area contributed by atoms with Gasteiger partial charge in [-0.15, -0.1) is 0 Å². The summed E-state index contributed by atoms with van der Waals surface area (Å²) in [5, 5.41) is 3.34. The molecule has 0 aliphatic rings. The Morgan fingerprint density at radius 2 is 1.86 bits per heavy atom. The Hall–Kier alpha value is -1.82. The fourth-order valence-electron chi connectivity index (χ4n) is 1.61. The van der Waals surface area contributed by atoms with Gasteiger partial charge in [0.25, 0.3) is 5.91 Å². The Balaban J connectivity index is 2.51. The molecule has 0 radical (unpaired) electrons. The quantitative estimate of drug-likeness (QED) is 0.586. The van der Waals surface area contributed by atoms with Gasteiger partial charge in [0, 0.05) is 6.04 Å². The molecule has 0 heterocycles. The van der Waals surface area contributed by atoms with Crippen LogP contribution in [0.15, 0.2) is 18.2 Å². The van der Waals surface area contributed by atoms with Gasteiger partial charge >= 0.3 is 0 Å². The molecule has 0 unspecified atom stereocenters. The van der Waals surface area contributed by atoms with E-state index in [2.05, 4.69) is 16.2 Å². The Bertz CT molecular complexity index is 518. The van der Waals surface area contributed by atoms with Gasteiger partial charge in [-0.05, 0) is 64.0 Å². The summed E-state index contributed by atoms with van der Waals surface area (Å²) in [6.07, 6.45) is -0.625. The van der Waals surface area contributed by atoms with E-state index in [9.17, 15) is 4.79 Å². The normalized spacial score (nSPS) is 11.7. The number of benzene rings is 1. The number of nitrogens with one attached hydrogen (secondary N) is 3. The van der Waals surface area contributed by atoms with E-state index < -0.39 is 6.10 Å². The topological polar surface area (TPSA) is 62.4 Å². The predicted molar refractivity (Wildman–Crippen MR) is 88.2 cm³/mol. The molecule has 0 saturated heterocycles. The Labute approximate surface area is 131 Å². The third-order valence-electron chi connectivity index (χ3n) is 2.95. The lowest BCUT2D eigenvalue weighted by Crippen LogP contribution is -2.51. The van der Waals surface area contributed by atoms with E-state index >= 15 is 0 Å². The molecule has 6 heteroatoms. The van der Waals surface area contributed by atoms with Crippen LogP contribution in [0.3, 0.4) is 0 Å². The summed E-state index contributed by atoms with van der Waals surface area (Å²) < 4.78 is 5.69. The van der Waals surface area contributed by atoms with Gasteiger partial charge in [0.2, 0.25) is 0 Å². The van der Waals surface area contributed by atoms with Gasteiger partial charge in [0.1, 0.15) is 5.75 Å². The molecule has 1 rings (SSSR count). The average Bonchev–Trinajstić information content (AvgIpc) is 2.40. The molecule has 0 aliphatic carbocycles. The molecule has 1 aromatic rings. The molecule has 0 aromatic heterocycles. The van der Waals surface area contributed by atoms with E-state index in [4.69, 9.17) is 17.0 Å². The van der Waals surface area contributed by atoms with Gasteiger partial charge in [0.15, 0.2) is 11.2 Å². The number of thiocarbonyl (C=S) groups is 1. The molecule has 1 aromatic carbocycles. The monoisotopic (exact) mass is 309 g/mol. The second-order valence-electron chi connectivity index (χ2n) is 5.20. The number of rotatable bonds is 4. The fourth-order valence-corrected chi connectivity index (χ4v) is 1.90. The van der Waals surface area contributed by atoms with Crippen molar-refractivity contribution in [3.63, 3.8) is 0 Å². The molecule has 21 heavy (non-hydrogen) atoms. The molecule has 1 atom stereocenters. The fraction of sp³-hybridized carbons (Fsp3) is 0.467. The molecule has 3 N–H and O–H groups in total. The van der Waals surface area contributed by atoms with Crippen LogP contribution < -0.4 is 20.9 Å². The van der Waals surface area contributed by atoms with E-state index in [0.717, 1.165) is 11.1 Å². The lowest BCUT2D eigenvalue weighted by molar-refractivity contribution is -0.127. The number of carbonyl (C=O) groups is 1. The van der Waals surface area contributed by atoms with E-state index in [-0.39, 0.29) is 11.9 Å². The molecule has 0 fully saturated rings. The molecule has 0 spiro atoms. The van der Waals surface area contributed by atoms with Crippen LogP contribution in [0.5, 0.6) is 5.75 Å². The smallest absolute Gasteiger partial charge is 0.279 e. The zero-order valence-corrected chi connectivity index (χ0v) is 13.9. The van der Waals surface area contributed by atoms with Gasteiger partial charge in [-0.25, -0.2) is 0 Å². The number of aryl methyl sites for hydroxylation is 1. The highest BCUT2D eigenvalue weighted by Gasteiger charge is 2.16. The Morgan fingerprint density at radius 1 is 1.19 bits per heavy atom. The van der Waals surface area contributed by atoms with Crippen LogP contribution in [0.1, 0.15) is 31.9 Å². The number of amides is 1. The summed E-state index contributed by atoms with van der Waals surface area (Å²) in [4.78, 5) is 11.9. The van der Waals surface area contributed by atoms with Crippen molar-refractivity contribution >= 4 is 23.2 Å². The summed E-state index contributed by atoms with van der Waals surface area (Å²) in [7, 11) is 0. The first-order chi connectivity index (χ1) is 9.81. The summed E-state index contributed by atoms with van der Waals surface area (Å²) in [5.74, 6) is 0.421. The maximum atomic E-state index is 11.9. The number of hydrogen-bond acceptors (Lipinski definition) is 3. The van der Waals surface area contributed by atoms with Crippen LogP contribution >= 0.6 is 12.2 Å². The first-order valence-corrected chi connectivity index (χ1v) is 7.31. The minimum atomic E-state index is -0.625. The van der Waals surface area contributed by atoms with Crippen LogP contribution in [-0.2, 0) is 4.79 Å².